The predicted molar refractivity (Wildman–Crippen MR) is 100 cm³/mol. The standard InChI is InChI=1S/C21H24N2O3/c1-22-10-11-23(15(12-22)13-24)21(25)26-14-20-18-8-4-2-6-16(18)17-7-3-5-9-19(17)20/h2-9,15,20,24H,10-14H2,1H3. The lowest BCUT2D eigenvalue weighted by molar-refractivity contribution is 0.0320. The number of amides is 1. The first-order valence-corrected chi connectivity index (χ1v) is 9.10. The van der Waals surface area contributed by atoms with Crippen LogP contribution in [0.4, 0.5) is 4.79 Å². The van der Waals surface area contributed by atoms with Gasteiger partial charge in [0, 0.05) is 25.6 Å². The van der Waals surface area contributed by atoms with Gasteiger partial charge in [-0.15, -0.1) is 0 Å². The van der Waals surface area contributed by atoms with Crippen molar-refractivity contribution >= 4 is 6.09 Å². The Labute approximate surface area is 153 Å². The highest BCUT2D eigenvalue weighted by atomic mass is 16.6. The van der Waals surface area contributed by atoms with Gasteiger partial charge in [-0.2, -0.15) is 0 Å². The number of nitrogens with zero attached hydrogens (tertiary/aromatic N) is 2. The number of rotatable bonds is 3. The molecule has 0 radical (unpaired) electrons. The number of carbonyl (C=O) groups excluding carboxylic acids is 1. The second kappa shape index (κ2) is 7.09. The molecule has 2 aromatic rings. The van der Waals surface area contributed by atoms with Crippen LogP contribution in [-0.4, -0.2) is 66.9 Å². The van der Waals surface area contributed by atoms with Gasteiger partial charge >= 0.3 is 6.09 Å². The number of aliphatic hydroxyl groups is 1. The number of piperazine rings is 1. The minimum Gasteiger partial charge on any atom is -0.448 e. The Kier molecular flexibility index (Phi) is 4.66. The fourth-order valence-corrected chi connectivity index (χ4v) is 4.08. The Hall–Kier alpha value is -2.37. The van der Waals surface area contributed by atoms with E-state index in [1.54, 1.807) is 4.90 Å². The summed E-state index contributed by atoms with van der Waals surface area (Å²) in [5, 5.41) is 9.59. The van der Waals surface area contributed by atoms with Crippen LogP contribution in [0.1, 0.15) is 17.0 Å². The Balaban J connectivity index is 1.50. The van der Waals surface area contributed by atoms with Gasteiger partial charge in [0.05, 0.1) is 12.6 Å². The van der Waals surface area contributed by atoms with Gasteiger partial charge in [-0.1, -0.05) is 48.5 Å². The number of hydrogen-bond donors (Lipinski definition) is 1. The SMILES string of the molecule is CN1CCN(C(=O)OCC2c3ccccc3-c3ccccc32)C(CO)C1. The van der Waals surface area contributed by atoms with Crippen molar-refractivity contribution < 1.29 is 14.6 Å². The summed E-state index contributed by atoms with van der Waals surface area (Å²) < 4.78 is 5.70. The van der Waals surface area contributed by atoms with E-state index in [0.717, 1.165) is 6.54 Å². The lowest BCUT2D eigenvalue weighted by Gasteiger charge is -2.38. The Morgan fingerprint density at radius 2 is 1.69 bits per heavy atom. The van der Waals surface area contributed by atoms with Crippen molar-refractivity contribution in [2.24, 2.45) is 0 Å². The van der Waals surface area contributed by atoms with E-state index < -0.39 is 0 Å². The highest BCUT2D eigenvalue weighted by Gasteiger charge is 2.32. The molecule has 1 aliphatic carbocycles. The highest BCUT2D eigenvalue weighted by molar-refractivity contribution is 5.79. The molecule has 1 amide bonds. The van der Waals surface area contributed by atoms with Crippen LogP contribution in [0.5, 0.6) is 0 Å². The monoisotopic (exact) mass is 352 g/mol. The molecule has 5 heteroatoms. The van der Waals surface area contributed by atoms with Gasteiger partial charge in [0.15, 0.2) is 0 Å². The van der Waals surface area contributed by atoms with Crippen LogP contribution in [-0.2, 0) is 4.74 Å². The van der Waals surface area contributed by atoms with Crippen molar-refractivity contribution in [1.82, 2.24) is 9.80 Å². The third-order valence-corrected chi connectivity index (χ3v) is 5.47. The average molecular weight is 352 g/mol. The third-order valence-electron chi connectivity index (χ3n) is 5.47. The average Bonchev–Trinajstić information content (AvgIpc) is 3.00. The first-order valence-electron chi connectivity index (χ1n) is 9.10. The van der Waals surface area contributed by atoms with Gasteiger partial charge in [-0.3, -0.25) is 0 Å². The number of carbonyl (C=O) groups is 1. The molecule has 1 atom stereocenters. The molecule has 1 aliphatic heterocycles. The second-order valence-corrected chi connectivity index (χ2v) is 7.10. The van der Waals surface area contributed by atoms with Crippen molar-refractivity contribution in [2.75, 3.05) is 39.9 Å². The summed E-state index contributed by atoms with van der Waals surface area (Å²) in [5.74, 6) is 0.0615. The van der Waals surface area contributed by atoms with Crippen LogP contribution in [0.25, 0.3) is 11.1 Å². The molecule has 1 fully saturated rings. The molecule has 2 aromatic carbocycles. The van der Waals surface area contributed by atoms with Crippen LogP contribution in [0, 0.1) is 0 Å². The van der Waals surface area contributed by atoms with Gasteiger partial charge < -0.3 is 19.6 Å². The zero-order valence-corrected chi connectivity index (χ0v) is 15.0. The van der Waals surface area contributed by atoms with E-state index in [4.69, 9.17) is 4.74 Å². The summed E-state index contributed by atoms with van der Waals surface area (Å²) in [6, 6.07) is 16.4. The molecule has 1 heterocycles. The molecule has 5 nitrogen and oxygen atoms in total. The number of likely N-dealkylation sites (N-methyl/N-ethyl adjacent to an activating group) is 1. The third kappa shape index (κ3) is 2.97. The first-order chi connectivity index (χ1) is 12.7. The van der Waals surface area contributed by atoms with Gasteiger partial charge in [-0.05, 0) is 29.3 Å². The second-order valence-electron chi connectivity index (χ2n) is 7.10. The Bertz CT molecular complexity index is 762. The molecular formula is C21H24N2O3. The highest BCUT2D eigenvalue weighted by Crippen LogP contribution is 2.44. The Morgan fingerprint density at radius 3 is 2.31 bits per heavy atom. The fourth-order valence-electron chi connectivity index (χ4n) is 4.08. The molecule has 136 valence electrons. The zero-order valence-electron chi connectivity index (χ0n) is 15.0. The molecule has 2 aliphatic rings. The lowest BCUT2D eigenvalue weighted by atomic mass is 9.98. The van der Waals surface area contributed by atoms with Crippen molar-refractivity contribution in [2.45, 2.75) is 12.0 Å². The molecule has 1 N–H and O–H groups in total. The Morgan fingerprint density at radius 1 is 1.08 bits per heavy atom. The predicted octanol–water partition coefficient (Wildman–Crippen LogP) is 2.54. The molecule has 0 aromatic heterocycles. The van der Waals surface area contributed by atoms with Gasteiger partial charge in [0.1, 0.15) is 6.61 Å². The molecule has 26 heavy (non-hydrogen) atoms. The van der Waals surface area contributed by atoms with Crippen LogP contribution >= 0.6 is 0 Å². The van der Waals surface area contributed by atoms with Gasteiger partial charge in [-0.25, -0.2) is 4.79 Å². The summed E-state index contributed by atoms with van der Waals surface area (Å²) in [4.78, 5) is 16.4. The van der Waals surface area contributed by atoms with E-state index >= 15 is 0 Å². The minimum atomic E-state index is -0.334. The summed E-state index contributed by atoms with van der Waals surface area (Å²) >= 11 is 0. The molecule has 1 saturated heterocycles. The molecule has 0 spiro atoms. The van der Waals surface area contributed by atoms with E-state index in [1.165, 1.54) is 22.3 Å². The maximum absolute atomic E-state index is 12.6. The van der Waals surface area contributed by atoms with Crippen LogP contribution in [0.15, 0.2) is 48.5 Å². The maximum atomic E-state index is 12.6. The number of aliphatic hydroxyl groups excluding tert-OH is 1. The van der Waals surface area contributed by atoms with Crippen molar-refractivity contribution in [3.8, 4) is 11.1 Å². The van der Waals surface area contributed by atoms with E-state index in [2.05, 4.69) is 29.2 Å². The molecule has 0 bridgehead atoms. The molecule has 4 rings (SSSR count). The van der Waals surface area contributed by atoms with E-state index in [9.17, 15) is 9.90 Å². The van der Waals surface area contributed by atoms with E-state index in [1.807, 2.05) is 31.3 Å². The fraction of sp³-hybridized carbons (Fsp3) is 0.381. The first kappa shape index (κ1) is 17.1. The van der Waals surface area contributed by atoms with E-state index in [-0.39, 0.29) is 24.7 Å². The summed E-state index contributed by atoms with van der Waals surface area (Å²) in [6.45, 7) is 2.31. The van der Waals surface area contributed by atoms with Crippen LogP contribution in [0.3, 0.4) is 0 Å². The minimum absolute atomic E-state index is 0.0471. The van der Waals surface area contributed by atoms with Crippen LogP contribution in [0.2, 0.25) is 0 Å². The van der Waals surface area contributed by atoms with Gasteiger partial charge in [0.25, 0.3) is 0 Å². The normalized spacial score (nSPS) is 19.9. The maximum Gasteiger partial charge on any atom is 0.410 e. The number of hydrogen-bond acceptors (Lipinski definition) is 4. The summed E-state index contributed by atoms with van der Waals surface area (Å²) in [5.41, 5.74) is 4.85. The van der Waals surface area contributed by atoms with Crippen molar-refractivity contribution in [1.29, 1.82) is 0 Å². The molecule has 1 unspecified atom stereocenters. The molecular weight excluding hydrogens is 328 g/mol. The number of benzene rings is 2. The van der Waals surface area contributed by atoms with Crippen LogP contribution < -0.4 is 0 Å². The summed E-state index contributed by atoms with van der Waals surface area (Å²) in [6.07, 6.45) is -0.334. The van der Waals surface area contributed by atoms with Crippen molar-refractivity contribution in [3.05, 3.63) is 59.7 Å². The topological polar surface area (TPSA) is 53.0 Å². The van der Waals surface area contributed by atoms with Gasteiger partial charge in [0.2, 0.25) is 0 Å². The van der Waals surface area contributed by atoms with E-state index in [0.29, 0.717) is 19.7 Å². The number of ether oxygens (including phenoxy) is 1. The largest absolute Gasteiger partial charge is 0.448 e. The molecule has 0 saturated carbocycles. The zero-order chi connectivity index (χ0) is 18.1. The lowest BCUT2D eigenvalue weighted by Crippen LogP contribution is -2.55. The quantitative estimate of drug-likeness (QED) is 0.922. The summed E-state index contributed by atoms with van der Waals surface area (Å²) in [7, 11) is 2.00. The van der Waals surface area contributed by atoms with Crippen molar-refractivity contribution in [3.63, 3.8) is 0 Å². The smallest absolute Gasteiger partial charge is 0.410 e. The number of fused-ring (bicyclic) bond motifs is 3.